The number of amides is 2. The van der Waals surface area contributed by atoms with Crippen LogP contribution in [0.3, 0.4) is 0 Å². The summed E-state index contributed by atoms with van der Waals surface area (Å²) in [7, 11) is 0. The van der Waals surface area contributed by atoms with Crippen LogP contribution >= 0.6 is 11.8 Å². The number of hydrogen-bond acceptors (Lipinski definition) is 3. The van der Waals surface area contributed by atoms with Crippen molar-refractivity contribution in [3.63, 3.8) is 0 Å². The maximum absolute atomic E-state index is 11.2. The third kappa shape index (κ3) is 1.49. The van der Waals surface area contributed by atoms with Crippen LogP contribution in [0.25, 0.3) is 0 Å². The highest BCUT2D eigenvalue weighted by molar-refractivity contribution is 7.99. The molecule has 2 heterocycles. The van der Waals surface area contributed by atoms with Crippen LogP contribution in [0.4, 0.5) is 4.79 Å². The van der Waals surface area contributed by atoms with E-state index in [2.05, 4.69) is 24.2 Å². The Morgan fingerprint density at radius 2 is 2.21 bits per heavy atom. The molecule has 2 rings (SSSR count). The summed E-state index contributed by atoms with van der Waals surface area (Å²) in [6.07, 6.45) is 0.883. The zero-order chi connectivity index (χ0) is 10.4. The van der Waals surface area contributed by atoms with Crippen LogP contribution in [-0.2, 0) is 0 Å². The van der Waals surface area contributed by atoms with Gasteiger partial charge in [-0.05, 0) is 17.6 Å². The third-order valence-electron chi connectivity index (χ3n) is 2.68. The Bertz CT molecular complexity index is 313. The monoisotopic (exact) mass is 213 g/mol. The number of amidine groups is 1. The van der Waals surface area contributed by atoms with Crippen molar-refractivity contribution in [1.29, 1.82) is 0 Å². The molecule has 0 aromatic rings. The predicted molar refractivity (Wildman–Crippen MR) is 58.6 cm³/mol. The van der Waals surface area contributed by atoms with Crippen molar-refractivity contribution < 1.29 is 4.79 Å². The van der Waals surface area contributed by atoms with Gasteiger partial charge in [-0.1, -0.05) is 13.8 Å². The number of aliphatic imine (C=N–C) groups is 1. The van der Waals surface area contributed by atoms with Gasteiger partial charge in [-0.15, -0.1) is 0 Å². The van der Waals surface area contributed by atoms with Crippen LogP contribution in [-0.4, -0.2) is 28.9 Å². The van der Waals surface area contributed by atoms with E-state index in [0.29, 0.717) is 5.84 Å². The van der Waals surface area contributed by atoms with Crippen molar-refractivity contribution >= 4 is 23.6 Å². The molecule has 1 spiro atoms. The number of thioether (sulfide) groups is 1. The second-order valence-corrected chi connectivity index (χ2v) is 5.83. The number of nitrogens with zero attached hydrogens (tertiary/aromatic N) is 1. The highest BCUT2D eigenvalue weighted by atomic mass is 32.2. The topological polar surface area (TPSA) is 67.5 Å². The van der Waals surface area contributed by atoms with Gasteiger partial charge in [-0.25, -0.2) is 4.79 Å². The lowest BCUT2D eigenvalue weighted by Gasteiger charge is -2.41. The Hall–Kier alpha value is -0.710. The normalized spacial score (nSPS) is 35.6. The van der Waals surface area contributed by atoms with E-state index in [9.17, 15) is 4.79 Å². The van der Waals surface area contributed by atoms with E-state index in [1.807, 2.05) is 11.8 Å². The van der Waals surface area contributed by atoms with Crippen molar-refractivity contribution in [3.8, 4) is 0 Å². The fraction of sp³-hybridized carbons (Fsp3) is 0.778. The summed E-state index contributed by atoms with van der Waals surface area (Å²) in [6.45, 7) is 4.39. The van der Waals surface area contributed by atoms with Gasteiger partial charge in [0.25, 0.3) is 0 Å². The lowest BCUT2D eigenvalue weighted by Crippen LogP contribution is -2.58. The van der Waals surface area contributed by atoms with Gasteiger partial charge in [0.2, 0.25) is 0 Å². The highest BCUT2D eigenvalue weighted by Crippen LogP contribution is 2.40. The minimum Gasteiger partial charge on any atom is -0.385 e. The van der Waals surface area contributed by atoms with Crippen LogP contribution in [0.15, 0.2) is 4.99 Å². The van der Waals surface area contributed by atoms with Crippen molar-refractivity contribution in [2.24, 2.45) is 16.1 Å². The number of hydrogen-bond donors (Lipinski definition) is 2. The molecule has 2 aliphatic heterocycles. The lowest BCUT2D eigenvalue weighted by atomic mass is 9.79. The summed E-state index contributed by atoms with van der Waals surface area (Å²) in [5, 5.41) is 2.89. The molecule has 2 aliphatic rings. The van der Waals surface area contributed by atoms with Crippen LogP contribution in [0.5, 0.6) is 0 Å². The van der Waals surface area contributed by atoms with Gasteiger partial charge < -0.3 is 11.1 Å². The molecule has 2 amide bonds. The number of rotatable bonds is 0. The van der Waals surface area contributed by atoms with E-state index in [1.54, 1.807) is 0 Å². The van der Waals surface area contributed by atoms with E-state index in [1.165, 1.54) is 0 Å². The molecule has 4 nitrogen and oxygen atoms in total. The molecule has 1 saturated heterocycles. The largest absolute Gasteiger partial charge is 0.385 e. The molecule has 78 valence electrons. The molecule has 0 aromatic heterocycles. The van der Waals surface area contributed by atoms with E-state index >= 15 is 0 Å². The summed E-state index contributed by atoms with van der Waals surface area (Å²) >= 11 is 1.83. The molecule has 5 heteroatoms. The maximum atomic E-state index is 11.2. The zero-order valence-corrected chi connectivity index (χ0v) is 9.28. The van der Waals surface area contributed by atoms with Crippen molar-refractivity contribution in [2.75, 3.05) is 11.5 Å². The summed E-state index contributed by atoms with van der Waals surface area (Å²) in [5.74, 6) is 2.41. The summed E-state index contributed by atoms with van der Waals surface area (Å²) in [5.41, 5.74) is 5.65. The van der Waals surface area contributed by atoms with E-state index in [-0.39, 0.29) is 17.0 Å². The average Bonchev–Trinajstić information content (AvgIpc) is 2.24. The molecule has 0 saturated carbocycles. The number of carbonyl (C=O) groups excluding carboxylic acids is 1. The number of nitrogens with two attached hydrogens (primary N) is 1. The van der Waals surface area contributed by atoms with Gasteiger partial charge in [-0.3, -0.25) is 0 Å². The van der Waals surface area contributed by atoms with Crippen molar-refractivity contribution in [2.45, 2.75) is 25.8 Å². The van der Waals surface area contributed by atoms with Crippen molar-refractivity contribution in [3.05, 3.63) is 0 Å². The number of urea groups is 1. The third-order valence-corrected chi connectivity index (χ3v) is 4.36. The van der Waals surface area contributed by atoms with E-state index < -0.39 is 0 Å². The van der Waals surface area contributed by atoms with Crippen LogP contribution in [0.1, 0.15) is 20.3 Å². The highest BCUT2D eigenvalue weighted by Gasteiger charge is 2.47. The summed E-state index contributed by atoms with van der Waals surface area (Å²) in [6, 6.07) is -0.291. The number of carbonyl (C=O) groups is 1. The molecule has 0 aliphatic carbocycles. The first-order chi connectivity index (χ1) is 6.44. The quantitative estimate of drug-likeness (QED) is 0.630. The van der Waals surface area contributed by atoms with Gasteiger partial charge in [0.15, 0.2) is 0 Å². The summed E-state index contributed by atoms with van der Waals surface area (Å²) in [4.78, 5) is 14.9. The molecule has 14 heavy (non-hydrogen) atoms. The molecule has 0 aromatic carbocycles. The SMILES string of the molecule is CC1(C)CSCC2(C1)NC(=O)N=C2N. The van der Waals surface area contributed by atoms with E-state index in [4.69, 9.17) is 5.73 Å². The average molecular weight is 213 g/mol. The Morgan fingerprint density at radius 3 is 2.71 bits per heavy atom. The molecule has 0 bridgehead atoms. The Morgan fingerprint density at radius 1 is 1.50 bits per heavy atom. The summed E-state index contributed by atoms with van der Waals surface area (Å²) < 4.78 is 0. The minimum absolute atomic E-state index is 0.209. The molecular weight excluding hydrogens is 198 g/mol. The van der Waals surface area contributed by atoms with Crippen LogP contribution < -0.4 is 11.1 Å². The van der Waals surface area contributed by atoms with Gasteiger partial charge in [-0.2, -0.15) is 16.8 Å². The number of nitrogens with one attached hydrogen (secondary N) is 1. The first kappa shape index (κ1) is 9.83. The molecule has 1 fully saturated rings. The smallest absolute Gasteiger partial charge is 0.343 e. The van der Waals surface area contributed by atoms with Gasteiger partial charge in [0.1, 0.15) is 11.4 Å². The van der Waals surface area contributed by atoms with Crippen LogP contribution in [0.2, 0.25) is 0 Å². The van der Waals surface area contributed by atoms with E-state index in [0.717, 1.165) is 17.9 Å². The zero-order valence-electron chi connectivity index (χ0n) is 8.46. The van der Waals surface area contributed by atoms with Gasteiger partial charge in [0.05, 0.1) is 0 Å². The minimum atomic E-state index is -0.372. The molecule has 0 radical (unpaired) electrons. The lowest BCUT2D eigenvalue weighted by molar-refractivity contribution is 0.238. The molecule has 1 unspecified atom stereocenters. The van der Waals surface area contributed by atoms with Gasteiger partial charge >= 0.3 is 6.03 Å². The molecule has 1 atom stereocenters. The maximum Gasteiger partial charge on any atom is 0.343 e. The fourth-order valence-electron chi connectivity index (χ4n) is 2.18. The molecular formula is C9H15N3OS. The first-order valence-corrected chi connectivity index (χ1v) is 5.84. The standard InChI is InChI=1S/C9H15N3OS/c1-8(2)3-9(5-14-4-8)6(10)11-7(13)12-9/h3-5H2,1-2H3,(H3,10,11,12,13). The Labute approximate surface area is 87.7 Å². The Kier molecular flexibility index (Phi) is 2.03. The van der Waals surface area contributed by atoms with Crippen molar-refractivity contribution in [1.82, 2.24) is 5.32 Å². The Balaban J connectivity index is 2.25. The second kappa shape index (κ2) is 2.89. The van der Waals surface area contributed by atoms with Gasteiger partial charge in [0, 0.05) is 5.75 Å². The predicted octanol–water partition coefficient (Wildman–Crippen LogP) is 0.969. The molecule has 3 N–H and O–H groups in total. The van der Waals surface area contributed by atoms with Crippen LogP contribution in [0, 0.1) is 5.41 Å². The first-order valence-electron chi connectivity index (χ1n) is 4.68. The second-order valence-electron chi connectivity index (χ2n) is 4.84. The fourth-order valence-corrected chi connectivity index (χ4v) is 3.61.